The second-order valence-corrected chi connectivity index (χ2v) is 7.19. The van der Waals surface area contributed by atoms with E-state index in [4.69, 9.17) is 9.47 Å². The van der Waals surface area contributed by atoms with Crippen molar-refractivity contribution >= 4 is 11.9 Å². The van der Waals surface area contributed by atoms with Crippen molar-refractivity contribution < 1.29 is 19.1 Å². The van der Waals surface area contributed by atoms with Crippen LogP contribution in [0.4, 0.5) is 0 Å². The van der Waals surface area contributed by atoms with Crippen molar-refractivity contribution in [1.82, 2.24) is 0 Å². The first-order valence-electron chi connectivity index (χ1n) is 10.0. The Bertz CT molecular complexity index is 537. The molecule has 4 heteroatoms. The summed E-state index contributed by atoms with van der Waals surface area (Å²) in [6.45, 7) is 6.51. The lowest BCUT2D eigenvalue weighted by Crippen LogP contribution is -2.14. The summed E-state index contributed by atoms with van der Waals surface area (Å²) in [7, 11) is 0. The molecule has 0 N–H and O–H groups in total. The number of hydrogen-bond donors (Lipinski definition) is 0. The highest BCUT2D eigenvalue weighted by Gasteiger charge is 2.16. The number of benzene rings is 1. The minimum atomic E-state index is -0.450. The Hall–Kier alpha value is -1.84. The molecular formula is C22H34O4. The molecule has 0 unspecified atom stereocenters. The van der Waals surface area contributed by atoms with Gasteiger partial charge in [0.05, 0.1) is 6.61 Å². The van der Waals surface area contributed by atoms with Gasteiger partial charge >= 0.3 is 11.9 Å². The fourth-order valence-electron chi connectivity index (χ4n) is 2.62. The highest BCUT2D eigenvalue weighted by atomic mass is 16.5. The Kier molecular flexibility index (Phi) is 11.4. The van der Waals surface area contributed by atoms with E-state index >= 15 is 0 Å². The highest BCUT2D eigenvalue weighted by Crippen LogP contribution is 2.20. The zero-order valence-corrected chi connectivity index (χ0v) is 16.6. The van der Waals surface area contributed by atoms with Crippen LogP contribution in [0.3, 0.4) is 0 Å². The number of para-hydroxylation sites is 1. The molecule has 0 radical (unpaired) electrons. The fraction of sp³-hybridized carbons (Fsp3) is 0.636. The SMILES string of the molecule is CCCCCCCCCCC(=O)Oc1ccccc1C(=O)OCC(C)C. The first-order valence-corrected chi connectivity index (χ1v) is 10.0. The molecule has 4 nitrogen and oxygen atoms in total. The van der Waals surface area contributed by atoms with Crippen LogP contribution in [0.1, 0.15) is 88.9 Å². The predicted octanol–water partition coefficient (Wildman–Crippen LogP) is 5.94. The Morgan fingerprint density at radius 1 is 0.923 bits per heavy atom. The molecule has 1 rings (SSSR count). The van der Waals surface area contributed by atoms with Gasteiger partial charge in [-0.3, -0.25) is 4.79 Å². The van der Waals surface area contributed by atoms with Crippen molar-refractivity contribution in [2.45, 2.75) is 78.6 Å². The molecule has 1 aromatic carbocycles. The molecule has 0 aliphatic rings. The monoisotopic (exact) mass is 362 g/mol. The average molecular weight is 363 g/mol. The van der Waals surface area contributed by atoms with E-state index in [9.17, 15) is 9.59 Å². The van der Waals surface area contributed by atoms with E-state index in [1.165, 1.54) is 32.1 Å². The summed E-state index contributed by atoms with van der Waals surface area (Å²) < 4.78 is 10.6. The lowest BCUT2D eigenvalue weighted by Gasteiger charge is -2.11. The van der Waals surface area contributed by atoms with Gasteiger partial charge in [-0.05, 0) is 24.5 Å². The molecule has 0 amide bonds. The molecule has 26 heavy (non-hydrogen) atoms. The molecule has 0 aliphatic carbocycles. The summed E-state index contributed by atoms with van der Waals surface area (Å²) in [5.74, 6) is -0.198. The number of esters is 2. The molecule has 0 fully saturated rings. The summed E-state index contributed by atoms with van der Waals surface area (Å²) in [5, 5.41) is 0. The number of ether oxygens (including phenoxy) is 2. The quantitative estimate of drug-likeness (QED) is 0.248. The molecular weight excluding hydrogens is 328 g/mol. The Balaban J connectivity index is 2.34. The van der Waals surface area contributed by atoms with Crippen LogP contribution in [0, 0.1) is 5.92 Å². The van der Waals surface area contributed by atoms with Crippen LogP contribution >= 0.6 is 0 Å². The molecule has 0 bridgehead atoms. The molecule has 0 heterocycles. The van der Waals surface area contributed by atoms with Crippen LogP contribution in [-0.4, -0.2) is 18.5 Å². The molecule has 146 valence electrons. The van der Waals surface area contributed by atoms with Crippen LogP contribution in [0.25, 0.3) is 0 Å². The number of carbonyl (C=O) groups excluding carboxylic acids is 2. The Morgan fingerprint density at radius 2 is 1.54 bits per heavy atom. The van der Waals surface area contributed by atoms with Crippen molar-refractivity contribution in [3.8, 4) is 5.75 Å². The molecule has 0 saturated heterocycles. The summed E-state index contributed by atoms with van der Waals surface area (Å²) >= 11 is 0. The maximum atomic E-state index is 12.1. The van der Waals surface area contributed by atoms with E-state index in [1.807, 2.05) is 13.8 Å². The van der Waals surface area contributed by atoms with Gasteiger partial charge in [0.2, 0.25) is 0 Å². The van der Waals surface area contributed by atoms with Crippen LogP contribution in [0.15, 0.2) is 24.3 Å². The van der Waals surface area contributed by atoms with Crippen LogP contribution < -0.4 is 4.74 Å². The smallest absolute Gasteiger partial charge is 0.341 e. The van der Waals surface area contributed by atoms with Gasteiger partial charge in [0, 0.05) is 6.42 Å². The normalized spacial score (nSPS) is 10.8. The third-order valence-corrected chi connectivity index (χ3v) is 4.11. The molecule has 1 aromatic rings. The summed E-state index contributed by atoms with van der Waals surface area (Å²) in [4.78, 5) is 24.2. The molecule has 0 atom stereocenters. The third kappa shape index (κ3) is 9.59. The maximum Gasteiger partial charge on any atom is 0.341 e. The minimum Gasteiger partial charge on any atom is -0.462 e. The lowest BCUT2D eigenvalue weighted by molar-refractivity contribution is -0.134. The van der Waals surface area contributed by atoms with Crippen LogP contribution in [-0.2, 0) is 9.53 Å². The number of carbonyl (C=O) groups is 2. The third-order valence-electron chi connectivity index (χ3n) is 4.11. The second kappa shape index (κ2) is 13.4. The van der Waals surface area contributed by atoms with Gasteiger partial charge in [-0.1, -0.05) is 77.8 Å². The van der Waals surface area contributed by atoms with Gasteiger partial charge in [-0.2, -0.15) is 0 Å². The van der Waals surface area contributed by atoms with Crippen molar-refractivity contribution in [3.05, 3.63) is 29.8 Å². The largest absolute Gasteiger partial charge is 0.462 e. The van der Waals surface area contributed by atoms with Gasteiger partial charge in [-0.15, -0.1) is 0 Å². The van der Waals surface area contributed by atoms with E-state index in [0.29, 0.717) is 18.6 Å². The van der Waals surface area contributed by atoms with Crippen LogP contribution in [0.2, 0.25) is 0 Å². The van der Waals surface area contributed by atoms with Crippen molar-refractivity contribution in [2.75, 3.05) is 6.61 Å². The van der Waals surface area contributed by atoms with E-state index in [1.54, 1.807) is 24.3 Å². The zero-order chi connectivity index (χ0) is 19.2. The summed E-state index contributed by atoms with van der Waals surface area (Å²) in [5.41, 5.74) is 0.303. The van der Waals surface area contributed by atoms with Crippen molar-refractivity contribution in [1.29, 1.82) is 0 Å². The number of unbranched alkanes of at least 4 members (excludes halogenated alkanes) is 7. The van der Waals surface area contributed by atoms with E-state index in [-0.39, 0.29) is 17.6 Å². The van der Waals surface area contributed by atoms with E-state index in [0.717, 1.165) is 19.3 Å². The van der Waals surface area contributed by atoms with Crippen molar-refractivity contribution in [3.63, 3.8) is 0 Å². The topological polar surface area (TPSA) is 52.6 Å². The summed E-state index contributed by atoms with van der Waals surface area (Å²) in [6, 6.07) is 6.75. The molecule has 0 saturated carbocycles. The van der Waals surface area contributed by atoms with Gasteiger partial charge in [-0.25, -0.2) is 4.79 Å². The fourth-order valence-corrected chi connectivity index (χ4v) is 2.62. The second-order valence-electron chi connectivity index (χ2n) is 7.19. The van der Waals surface area contributed by atoms with Crippen LogP contribution in [0.5, 0.6) is 5.75 Å². The minimum absolute atomic E-state index is 0.260. The first kappa shape index (κ1) is 22.2. The predicted molar refractivity (Wildman–Crippen MR) is 104 cm³/mol. The van der Waals surface area contributed by atoms with Gasteiger partial charge in [0.15, 0.2) is 0 Å². The van der Waals surface area contributed by atoms with Gasteiger partial charge in [0.1, 0.15) is 11.3 Å². The Labute approximate surface area is 158 Å². The first-order chi connectivity index (χ1) is 12.5. The molecule has 0 aromatic heterocycles. The highest BCUT2D eigenvalue weighted by molar-refractivity contribution is 5.93. The molecule has 0 spiro atoms. The number of hydrogen-bond acceptors (Lipinski definition) is 4. The average Bonchev–Trinajstić information content (AvgIpc) is 2.62. The Morgan fingerprint density at radius 3 is 2.19 bits per heavy atom. The zero-order valence-electron chi connectivity index (χ0n) is 16.6. The number of rotatable bonds is 13. The van der Waals surface area contributed by atoms with Gasteiger partial charge in [0.25, 0.3) is 0 Å². The van der Waals surface area contributed by atoms with Gasteiger partial charge < -0.3 is 9.47 Å². The van der Waals surface area contributed by atoms with E-state index in [2.05, 4.69) is 6.92 Å². The molecule has 0 aliphatic heterocycles. The van der Waals surface area contributed by atoms with E-state index < -0.39 is 5.97 Å². The van der Waals surface area contributed by atoms with Crippen molar-refractivity contribution in [2.24, 2.45) is 5.92 Å². The standard InChI is InChI=1S/C22H34O4/c1-4-5-6-7-8-9-10-11-16-21(23)26-20-15-13-12-14-19(20)22(24)25-17-18(2)3/h12-15,18H,4-11,16-17H2,1-3H3. The lowest BCUT2D eigenvalue weighted by atomic mass is 10.1. The maximum absolute atomic E-state index is 12.1. The summed E-state index contributed by atoms with van der Waals surface area (Å²) in [6.07, 6.45) is 9.81.